The fraction of sp³-hybridized carbons (Fsp3) is 0.400. The number of hydrogen-bond donors (Lipinski definition) is 1. The van der Waals surface area contributed by atoms with Gasteiger partial charge in [0.1, 0.15) is 5.60 Å². The van der Waals surface area contributed by atoms with Gasteiger partial charge in [-0.2, -0.15) is 0 Å². The van der Waals surface area contributed by atoms with E-state index in [0.29, 0.717) is 23.3 Å². The highest BCUT2D eigenvalue weighted by Gasteiger charge is 2.38. The highest BCUT2D eigenvalue weighted by Crippen LogP contribution is 2.33. The van der Waals surface area contributed by atoms with Gasteiger partial charge in [0.25, 0.3) is 0 Å². The van der Waals surface area contributed by atoms with Crippen molar-refractivity contribution in [1.29, 1.82) is 0 Å². The molecule has 3 rings (SSSR count). The molecule has 0 amide bonds. The van der Waals surface area contributed by atoms with Crippen molar-refractivity contribution in [3.8, 4) is 5.88 Å². The zero-order valence-electron chi connectivity index (χ0n) is 11.3. The molecule has 0 saturated heterocycles. The maximum Gasteiger partial charge on any atom is 0.201 e. The van der Waals surface area contributed by atoms with Crippen molar-refractivity contribution in [2.45, 2.75) is 32.0 Å². The molecule has 1 aromatic heterocycles. The van der Waals surface area contributed by atoms with Crippen molar-refractivity contribution in [2.75, 3.05) is 0 Å². The van der Waals surface area contributed by atoms with E-state index in [2.05, 4.69) is 0 Å². The summed E-state index contributed by atoms with van der Waals surface area (Å²) in [4.78, 5) is 12.5. The Kier molecular flexibility index (Phi) is 2.47. The second-order valence-electron chi connectivity index (χ2n) is 5.61. The molecule has 1 aliphatic heterocycles. The number of para-hydroxylation sites is 1. The SMILES string of the molecule is Cn1c2c(c(=O)c3ccccc31)C[C@@H](O)C(C)(C)O2. The van der Waals surface area contributed by atoms with Crippen LogP contribution in [0.15, 0.2) is 29.1 Å². The fourth-order valence-electron chi connectivity index (χ4n) is 2.60. The van der Waals surface area contributed by atoms with Crippen LogP contribution in [-0.2, 0) is 13.5 Å². The van der Waals surface area contributed by atoms with Crippen molar-refractivity contribution in [3.05, 3.63) is 40.1 Å². The smallest absolute Gasteiger partial charge is 0.201 e. The molecule has 2 aromatic rings. The van der Waals surface area contributed by atoms with Crippen molar-refractivity contribution >= 4 is 10.9 Å². The van der Waals surface area contributed by atoms with Gasteiger partial charge in [0.2, 0.25) is 5.88 Å². The van der Waals surface area contributed by atoms with Crippen molar-refractivity contribution in [1.82, 2.24) is 4.57 Å². The van der Waals surface area contributed by atoms with E-state index in [4.69, 9.17) is 4.74 Å². The van der Waals surface area contributed by atoms with E-state index in [1.807, 2.05) is 49.7 Å². The molecule has 0 unspecified atom stereocenters. The maximum atomic E-state index is 12.5. The lowest BCUT2D eigenvalue weighted by Crippen LogP contribution is -2.48. The fourth-order valence-corrected chi connectivity index (χ4v) is 2.60. The molecule has 1 atom stereocenters. The largest absolute Gasteiger partial charge is 0.470 e. The summed E-state index contributed by atoms with van der Waals surface area (Å²) in [6.07, 6.45) is -0.339. The number of ether oxygens (including phenoxy) is 1. The number of hydrogen-bond acceptors (Lipinski definition) is 3. The number of fused-ring (bicyclic) bond motifs is 2. The molecule has 100 valence electrons. The Balaban J connectivity index is 2.37. The van der Waals surface area contributed by atoms with Gasteiger partial charge in [0, 0.05) is 18.9 Å². The monoisotopic (exact) mass is 259 g/mol. The number of rotatable bonds is 0. The molecule has 0 saturated carbocycles. The maximum absolute atomic E-state index is 12.5. The van der Waals surface area contributed by atoms with Crippen LogP contribution in [0.2, 0.25) is 0 Å². The predicted octanol–water partition coefficient (Wildman–Crippen LogP) is 1.61. The predicted molar refractivity (Wildman–Crippen MR) is 73.6 cm³/mol. The summed E-state index contributed by atoms with van der Waals surface area (Å²) in [6.45, 7) is 3.67. The van der Waals surface area contributed by atoms with Gasteiger partial charge < -0.3 is 14.4 Å². The van der Waals surface area contributed by atoms with Gasteiger partial charge in [0.15, 0.2) is 5.43 Å². The summed E-state index contributed by atoms with van der Waals surface area (Å²) in [5, 5.41) is 10.8. The molecule has 19 heavy (non-hydrogen) atoms. The van der Waals surface area contributed by atoms with Gasteiger partial charge >= 0.3 is 0 Å². The molecule has 0 bridgehead atoms. The quantitative estimate of drug-likeness (QED) is 0.782. The number of benzene rings is 1. The second kappa shape index (κ2) is 3.84. The highest BCUT2D eigenvalue weighted by atomic mass is 16.5. The van der Waals surface area contributed by atoms with Crippen molar-refractivity contribution < 1.29 is 9.84 Å². The lowest BCUT2D eigenvalue weighted by molar-refractivity contribution is -0.0465. The van der Waals surface area contributed by atoms with Crippen LogP contribution in [0.3, 0.4) is 0 Å². The first-order valence-electron chi connectivity index (χ1n) is 6.39. The zero-order chi connectivity index (χ0) is 13.8. The molecule has 1 aromatic carbocycles. The van der Waals surface area contributed by atoms with Crippen LogP contribution >= 0.6 is 0 Å². The Labute approximate surface area is 111 Å². The molecular weight excluding hydrogens is 242 g/mol. The number of aliphatic hydroxyl groups excluding tert-OH is 1. The first-order chi connectivity index (χ1) is 8.92. The summed E-state index contributed by atoms with van der Waals surface area (Å²) >= 11 is 0. The average molecular weight is 259 g/mol. The van der Waals surface area contributed by atoms with Gasteiger partial charge in [0.05, 0.1) is 17.2 Å². The molecule has 4 heteroatoms. The molecule has 0 spiro atoms. The highest BCUT2D eigenvalue weighted by molar-refractivity contribution is 5.80. The minimum atomic E-state index is -0.681. The number of pyridine rings is 1. The number of aromatic nitrogens is 1. The Bertz CT molecular complexity index is 715. The van der Waals surface area contributed by atoms with Gasteiger partial charge in [-0.05, 0) is 26.0 Å². The van der Waals surface area contributed by atoms with Crippen molar-refractivity contribution in [2.24, 2.45) is 7.05 Å². The third-order valence-electron chi connectivity index (χ3n) is 3.91. The first kappa shape index (κ1) is 12.2. The molecule has 0 fully saturated rings. The summed E-state index contributed by atoms with van der Waals surface area (Å²) < 4.78 is 7.75. The Hall–Kier alpha value is -1.81. The van der Waals surface area contributed by atoms with Crippen LogP contribution in [0.5, 0.6) is 5.88 Å². The second-order valence-corrected chi connectivity index (χ2v) is 5.61. The van der Waals surface area contributed by atoms with E-state index in [9.17, 15) is 9.90 Å². The van der Waals surface area contributed by atoms with E-state index in [0.717, 1.165) is 5.52 Å². The Morgan fingerprint density at radius 1 is 1.37 bits per heavy atom. The summed E-state index contributed by atoms with van der Waals surface area (Å²) in [5.74, 6) is 0.569. The first-order valence-corrected chi connectivity index (χ1v) is 6.39. The molecule has 2 heterocycles. The minimum absolute atomic E-state index is 0.0433. The van der Waals surface area contributed by atoms with E-state index in [1.165, 1.54) is 0 Å². The molecular formula is C15H17NO3. The van der Waals surface area contributed by atoms with Crippen LogP contribution in [0.4, 0.5) is 0 Å². The third kappa shape index (κ3) is 1.67. The van der Waals surface area contributed by atoms with Crippen LogP contribution < -0.4 is 10.2 Å². The lowest BCUT2D eigenvalue weighted by atomic mass is 9.91. The standard InChI is InChI=1S/C15H17NO3/c1-15(2)12(17)8-10-13(18)9-6-4-5-7-11(9)16(3)14(10)19-15/h4-7,12,17H,8H2,1-3H3/t12-/m1/s1. The van der Waals surface area contributed by atoms with Gasteiger partial charge in [-0.15, -0.1) is 0 Å². The Morgan fingerprint density at radius 3 is 2.79 bits per heavy atom. The number of aliphatic hydroxyl groups is 1. The van der Waals surface area contributed by atoms with Crippen LogP contribution in [0.1, 0.15) is 19.4 Å². The van der Waals surface area contributed by atoms with Crippen molar-refractivity contribution in [3.63, 3.8) is 0 Å². The molecule has 4 nitrogen and oxygen atoms in total. The van der Waals surface area contributed by atoms with E-state index in [-0.39, 0.29) is 5.43 Å². The van der Waals surface area contributed by atoms with Gasteiger partial charge in [-0.25, -0.2) is 0 Å². The zero-order valence-corrected chi connectivity index (χ0v) is 11.3. The molecule has 0 aliphatic carbocycles. The minimum Gasteiger partial charge on any atom is -0.470 e. The average Bonchev–Trinajstić information content (AvgIpc) is 2.38. The van der Waals surface area contributed by atoms with Crippen LogP contribution in [0, 0.1) is 0 Å². The Morgan fingerprint density at radius 2 is 2.05 bits per heavy atom. The van der Waals surface area contributed by atoms with Crippen LogP contribution in [-0.4, -0.2) is 21.4 Å². The summed E-state index contributed by atoms with van der Waals surface area (Å²) in [5.41, 5.74) is 0.685. The number of aryl methyl sites for hydroxylation is 1. The van der Waals surface area contributed by atoms with Crippen LogP contribution in [0.25, 0.3) is 10.9 Å². The summed E-state index contributed by atoms with van der Waals surface area (Å²) in [6, 6.07) is 7.46. The third-order valence-corrected chi connectivity index (χ3v) is 3.91. The summed E-state index contributed by atoms with van der Waals surface area (Å²) in [7, 11) is 1.88. The van der Waals surface area contributed by atoms with E-state index in [1.54, 1.807) is 0 Å². The normalized spacial score (nSPS) is 20.9. The van der Waals surface area contributed by atoms with E-state index < -0.39 is 11.7 Å². The van der Waals surface area contributed by atoms with Gasteiger partial charge in [-0.1, -0.05) is 12.1 Å². The van der Waals surface area contributed by atoms with Gasteiger partial charge in [-0.3, -0.25) is 4.79 Å². The van der Waals surface area contributed by atoms with E-state index >= 15 is 0 Å². The topological polar surface area (TPSA) is 51.5 Å². The molecule has 1 aliphatic rings. The molecule has 0 radical (unpaired) electrons. The number of nitrogens with zero attached hydrogens (tertiary/aromatic N) is 1. The lowest BCUT2D eigenvalue weighted by Gasteiger charge is -2.37. The molecule has 1 N–H and O–H groups in total.